The number of amides is 1. The monoisotopic (exact) mass is 301 g/mol. The van der Waals surface area contributed by atoms with Gasteiger partial charge in [-0.15, -0.1) is 0 Å². The lowest BCUT2D eigenvalue weighted by Gasteiger charge is -2.11. The normalized spacial score (nSPS) is 11.6. The third-order valence-electron chi connectivity index (χ3n) is 1.16. The summed E-state index contributed by atoms with van der Waals surface area (Å²) in [6.07, 6.45) is -0.616. The van der Waals surface area contributed by atoms with Crippen molar-refractivity contribution >= 4 is 34.7 Å². The number of esters is 1. The Morgan fingerprint density at radius 3 is 2.54 bits per heavy atom. The highest BCUT2D eigenvalue weighted by molar-refractivity contribution is 14.1. The molecule has 0 radical (unpaired) electrons. The molecular weight excluding hydrogens is 289 g/mol. The molecule has 0 bridgehead atoms. The molecule has 0 aliphatic carbocycles. The summed E-state index contributed by atoms with van der Waals surface area (Å²) >= 11 is 1.88. The second-order valence-electron chi connectivity index (χ2n) is 2.16. The van der Waals surface area contributed by atoms with Gasteiger partial charge in [0.25, 0.3) is 0 Å². The van der Waals surface area contributed by atoms with Crippen molar-refractivity contribution in [2.75, 3.05) is 11.2 Å². The zero-order valence-corrected chi connectivity index (χ0v) is 9.66. The molecule has 76 valence electrons. The van der Waals surface area contributed by atoms with E-state index in [4.69, 9.17) is 0 Å². The number of alkyl carbamates (subject to hydrolysis) is 1. The van der Waals surface area contributed by atoms with E-state index in [1.165, 1.54) is 6.92 Å². The second-order valence-corrected chi connectivity index (χ2v) is 2.78. The van der Waals surface area contributed by atoms with Crippen molar-refractivity contribution in [3.05, 3.63) is 0 Å². The van der Waals surface area contributed by atoms with Gasteiger partial charge in [-0.3, -0.25) is 0 Å². The Labute approximate surface area is 90.3 Å². The Kier molecular flexibility index (Phi) is 6.65. The molecule has 0 unspecified atom stereocenters. The van der Waals surface area contributed by atoms with Crippen molar-refractivity contribution in [2.45, 2.75) is 19.9 Å². The molecule has 0 aromatic heterocycles. The van der Waals surface area contributed by atoms with Gasteiger partial charge in [-0.1, -0.05) is 0 Å². The molecule has 0 rings (SSSR count). The maximum atomic E-state index is 11.0. The number of nitrogens with one attached hydrogen (secondary N) is 1. The van der Waals surface area contributed by atoms with Crippen molar-refractivity contribution in [3.8, 4) is 0 Å². The lowest BCUT2D eigenvalue weighted by molar-refractivity contribution is -0.145. The Bertz CT molecular complexity index is 185. The molecule has 0 aromatic carbocycles. The van der Waals surface area contributed by atoms with E-state index >= 15 is 0 Å². The molecule has 0 heterocycles. The molecule has 0 saturated carbocycles. The van der Waals surface area contributed by atoms with E-state index in [9.17, 15) is 9.59 Å². The van der Waals surface area contributed by atoms with Gasteiger partial charge in [-0.2, -0.15) is 0 Å². The molecule has 0 aromatic rings. The first kappa shape index (κ1) is 12.5. The van der Waals surface area contributed by atoms with Gasteiger partial charge in [-0.25, -0.2) is 9.59 Å². The highest BCUT2D eigenvalue weighted by atomic mass is 127. The molecule has 0 fully saturated rings. The zero-order chi connectivity index (χ0) is 10.3. The highest BCUT2D eigenvalue weighted by Gasteiger charge is 2.16. The average Bonchev–Trinajstić information content (AvgIpc) is 2.05. The first-order valence-corrected chi connectivity index (χ1v) is 5.30. The first-order chi connectivity index (χ1) is 6.11. The quantitative estimate of drug-likeness (QED) is 0.479. The van der Waals surface area contributed by atoms with Gasteiger partial charge in [0.05, 0.1) is 6.61 Å². The molecular formula is C7H12INO4. The van der Waals surface area contributed by atoms with Crippen LogP contribution in [0, 0.1) is 0 Å². The summed E-state index contributed by atoms with van der Waals surface area (Å²) in [6, 6.07) is -0.671. The number of hydrogen-bond acceptors (Lipinski definition) is 4. The number of rotatable bonds is 4. The van der Waals surface area contributed by atoms with E-state index in [-0.39, 0.29) is 4.61 Å². The topological polar surface area (TPSA) is 64.6 Å². The number of hydrogen-bond donors (Lipinski definition) is 1. The van der Waals surface area contributed by atoms with Crippen LogP contribution in [-0.4, -0.2) is 29.3 Å². The summed E-state index contributed by atoms with van der Waals surface area (Å²) in [5, 5.41) is 2.32. The SMILES string of the molecule is CCOC(=O)[C@H](C)NC(=O)OCI. The van der Waals surface area contributed by atoms with E-state index in [1.807, 2.05) is 22.6 Å². The summed E-state index contributed by atoms with van der Waals surface area (Å²) < 4.78 is 9.49. The maximum absolute atomic E-state index is 11.0. The fraction of sp³-hybridized carbons (Fsp3) is 0.714. The van der Waals surface area contributed by atoms with Gasteiger partial charge in [0.15, 0.2) is 0 Å². The summed E-state index contributed by atoms with van der Waals surface area (Å²) in [6.45, 7) is 3.53. The zero-order valence-electron chi connectivity index (χ0n) is 7.50. The van der Waals surface area contributed by atoms with Crippen molar-refractivity contribution < 1.29 is 19.1 Å². The lowest BCUT2D eigenvalue weighted by Crippen LogP contribution is -2.39. The van der Waals surface area contributed by atoms with E-state index in [0.717, 1.165) is 0 Å². The number of halogens is 1. The standard InChI is InChI=1S/C7H12INO4/c1-3-12-6(10)5(2)9-7(11)13-4-8/h5H,3-4H2,1-2H3,(H,9,11)/t5-/m0/s1. The van der Waals surface area contributed by atoms with Crippen LogP contribution in [0.1, 0.15) is 13.8 Å². The highest BCUT2D eigenvalue weighted by Crippen LogP contribution is 1.91. The average molecular weight is 301 g/mol. The van der Waals surface area contributed by atoms with Crippen LogP contribution in [-0.2, 0) is 14.3 Å². The van der Waals surface area contributed by atoms with Crippen molar-refractivity contribution in [2.24, 2.45) is 0 Å². The Hall–Kier alpha value is -0.530. The lowest BCUT2D eigenvalue weighted by atomic mass is 10.3. The molecule has 1 amide bonds. The van der Waals surface area contributed by atoms with Crippen molar-refractivity contribution in [3.63, 3.8) is 0 Å². The Morgan fingerprint density at radius 1 is 1.46 bits per heavy atom. The predicted molar refractivity (Wildman–Crippen MR) is 54.6 cm³/mol. The van der Waals surface area contributed by atoms with Crippen LogP contribution in [0.3, 0.4) is 0 Å². The predicted octanol–water partition coefficient (Wildman–Crippen LogP) is 1.06. The van der Waals surface area contributed by atoms with Gasteiger partial charge >= 0.3 is 12.1 Å². The third kappa shape index (κ3) is 5.67. The van der Waals surface area contributed by atoms with Gasteiger partial charge in [0.2, 0.25) is 0 Å². The van der Waals surface area contributed by atoms with Crippen LogP contribution in [0.4, 0.5) is 4.79 Å². The molecule has 0 saturated heterocycles. The van der Waals surface area contributed by atoms with Gasteiger partial charge in [0, 0.05) is 0 Å². The summed E-state index contributed by atoms with van der Waals surface area (Å²) in [5.41, 5.74) is 0. The molecule has 0 spiro atoms. The van der Waals surface area contributed by atoms with E-state index in [1.54, 1.807) is 6.92 Å². The number of alkyl halides is 1. The number of carbonyl (C=O) groups is 2. The van der Waals surface area contributed by atoms with Crippen LogP contribution in [0.15, 0.2) is 0 Å². The van der Waals surface area contributed by atoms with Crippen molar-refractivity contribution in [1.82, 2.24) is 5.32 Å². The summed E-state index contributed by atoms with van der Waals surface area (Å²) in [7, 11) is 0. The molecule has 5 nitrogen and oxygen atoms in total. The molecule has 0 aliphatic rings. The number of carbonyl (C=O) groups excluding carboxylic acids is 2. The fourth-order valence-corrected chi connectivity index (χ4v) is 0.877. The van der Waals surface area contributed by atoms with Gasteiger partial charge in [-0.05, 0) is 36.4 Å². The van der Waals surface area contributed by atoms with Crippen LogP contribution >= 0.6 is 22.6 Å². The molecule has 0 aliphatic heterocycles. The van der Waals surface area contributed by atoms with Crippen LogP contribution in [0.5, 0.6) is 0 Å². The second kappa shape index (κ2) is 6.93. The first-order valence-electron chi connectivity index (χ1n) is 3.77. The minimum Gasteiger partial charge on any atom is -0.464 e. The maximum Gasteiger partial charge on any atom is 0.408 e. The van der Waals surface area contributed by atoms with Gasteiger partial charge < -0.3 is 14.8 Å². The summed E-state index contributed by atoms with van der Waals surface area (Å²) in [5.74, 6) is -0.465. The minimum absolute atomic E-state index is 0.249. The molecule has 6 heteroatoms. The molecule has 13 heavy (non-hydrogen) atoms. The van der Waals surface area contributed by atoms with E-state index < -0.39 is 18.1 Å². The van der Waals surface area contributed by atoms with E-state index in [2.05, 4.69) is 14.8 Å². The smallest absolute Gasteiger partial charge is 0.408 e. The van der Waals surface area contributed by atoms with Crippen LogP contribution in [0.25, 0.3) is 0 Å². The Balaban J connectivity index is 3.78. The van der Waals surface area contributed by atoms with Gasteiger partial charge in [0.1, 0.15) is 10.7 Å². The largest absolute Gasteiger partial charge is 0.464 e. The van der Waals surface area contributed by atoms with E-state index in [0.29, 0.717) is 6.61 Å². The fourth-order valence-electron chi connectivity index (χ4n) is 0.594. The Morgan fingerprint density at radius 2 is 2.08 bits per heavy atom. The minimum atomic E-state index is -0.671. The van der Waals surface area contributed by atoms with Crippen LogP contribution < -0.4 is 5.32 Å². The number of ether oxygens (including phenoxy) is 2. The molecule has 1 atom stereocenters. The van der Waals surface area contributed by atoms with Crippen molar-refractivity contribution in [1.29, 1.82) is 0 Å². The summed E-state index contributed by atoms with van der Waals surface area (Å²) in [4.78, 5) is 21.8. The van der Waals surface area contributed by atoms with Crippen LogP contribution in [0.2, 0.25) is 0 Å². The molecule has 1 N–H and O–H groups in total. The third-order valence-corrected chi connectivity index (χ3v) is 1.47.